The Morgan fingerprint density at radius 3 is 2.29 bits per heavy atom. The first-order valence-corrected chi connectivity index (χ1v) is 9.20. The van der Waals surface area contributed by atoms with Gasteiger partial charge in [0, 0.05) is 13.1 Å². The molecule has 2 aromatic carbocycles. The van der Waals surface area contributed by atoms with E-state index < -0.39 is 11.8 Å². The van der Waals surface area contributed by atoms with E-state index in [1.807, 2.05) is 25.1 Å². The summed E-state index contributed by atoms with van der Waals surface area (Å²) in [5.41, 5.74) is 1.58. The molecule has 28 heavy (non-hydrogen) atoms. The van der Waals surface area contributed by atoms with Crippen molar-refractivity contribution in [2.45, 2.75) is 13.5 Å². The summed E-state index contributed by atoms with van der Waals surface area (Å²) in [6.07, 6.45) is 0. The Bertz CT molecular complexity index is 921. The van der Waals surface area contributed by atoms with Gasteiger partial charge in [0.1, 0.15) is 19.8 Å². The van der Waals surface area contributed by atoms with Crippen molar-refractivity contribution in [3.05, 3.63) is 59.2 Å². The summed E-state index contributed by atoms with van der Waals surface area (Å²) in [6.45, 7) is 3.41. The molecule has 4 rings (SSSR count). The zero-order chi connectivity index (χ0) is 19.7. The lowest BCUT2D eigenvalue weighted by Crippen LogP contribution is -2.42. The minimum absolute atomic E-state index is 0.273. The van der Waals surface area contributed by atoms with Crippen molar-refractivity contribution in [1.29, 1.82) is 0 Å². The van der Waals surface area contributed by atoms with E-state index in [9.17, 15) is 14.4 Å². The summed E-state index contributed by atoms with van der Waals surface area (Å²) in [5, 5.41) is 0. The van der Waals surface area contributed by atoms with Gasteiger partial charge >= 0.3 is 0 Å². The van der Waals surface area contributed by atoms with Gasteiger partial charge in [-0.1, -0.05) is 18.2 Å². The molecule has 0 radical (unpaired) electrons. The highest BCUT2D eigenvalue weighted by Crippen LogP contribution is 2.31. The second-order valence-corrected chi connectivity index (χ2v) is 6.63. The van der Waals surface area contributed by atoms with Crippen LogP contribution in [0.3, 0.4) is 0 Å². The predicted molar refractivity (Wildman–Crippen MR) is 100 cm³/mol. The minimum atomic E-state index is -0.427. The standard InChI is InChI=1S/C21H20N2O5/c1-2-22(12-14-7-8-17-18(11-14)28-10-9-27-17)19(24)13-23-20(25)15-5-3-4-6-16(15)21(23)26/h3-8,11H,2,9-10,12-13H2,1H3. The molecule has 2 heterocycles. The predicted octanol–water partition coefficient (Wildman–Crippen LogP) is 2.10. The number of benzene rings is 2. The van der Waals surface area contributed by atoms with Crippen LogP contribution in [0.15, 0.2) is 42.5 Å². The van der Waals surface area contributed by atoms with Crippen LogP contribution in [0, 0.1) is 0 Å². The van der Waals surface area contributed by atoms with Crippen molar-refractivity contribution < 1.29 is 23.9 Å². The van der Waals surface area contributed by atoms with Crippen LogP contribution in [0.1, 0.15) is 33.2 Å². The Balaban J connectivity index is 1.46. The van der Waals surface area contributed by atoms with Gasteiger partial charge in [0.15, 0.2) is 11.5 Å². The zero-order valence-electron chi connectivity index (χ0n) is 15.5. The third-order valence-electron chi connectivity index (χ3n) is 4.89. The van der Waals surface area contributed by atoms with Crippen molar-refractivity contribution in [2.24, 2.45) is 0 Å². The van der Waals surface area contributed by atoms with Crippen molar-refractivity contribution in [1.82, 2.24) is 9.80 Å². The van der Waals surface area contributed by atoms with Crippen molar-refractivity contribution in [3.8, 4) is 11.5 Å². The van der Waals surface area contributed by atoms with Gasteiger partial charge in [-0.2, -0.15) is 0 Å². The number of hydrogen-bond donors (Lipinski definition) is 0. The fourth-order valence-corrected chi connectivity index (χ4v) is 3.40. The highest BCUT2D eigenvalue weighted by Gasteiger charge is 2.36. The third kappa shape index (κ3) is 3.19. The number of amides is 3. The Morgan fingerprint density at radius 1 is 1.00 bits per heavy atom. The molecule has 7 nitrogen and oxygen atoms in total. The Hall–Kier alpha value is -3.35. The molecule has 144 valence electrons. The number of hydrogen-bond acceptors (Lipinski definition) is 5. The molecule has 0 spiro atoms. The van der Waals surface area contributed by atoms with E-state index in [2.05, 4.69) is 0 Å². The summed E-state index contributed by atoms with van der Waals surface area (Å²) in [4.78, 5) is 40.4. The van der Waals surface area contributed by atoms with E-state index >= 15 is 0 Å². The minimum Gasteiger partial charge on any atom is -0.486 e. The molecule has 0 bridgehead atoms. The molecule has 0 unspecified atom stereocenters. The van der Waals surface area contributed by atoms with Crippen LogP contribution in [0.2, 0.25) is 0 Å². The maximum Gasteiger partial charge on any atom is 0.262 e. The fraction of sp³-hybridized carbons (Fsp3) is 0.286. The first-order chi connectivity index (χ1) is 13.6. The molecule has 3 amide bonds. The Morgan fingerprint density at radius 2 is 1.64 bits per heavy atom. The van der Waals surface area contributed by atoms with Crippen LogP contribution >= 0.6 is 0 Å². The Kier molecular flexibility index (Phi) is 4.73. The second kappa shape index (κ2) is 7.34. The zero-order valence-corrected chi connectivity index (χ0v) is 15.5. The Labute approximate surface area is 162 Å². The van der Waals surface area contributed by atoms with Gasteiger partial charge in [0.05, 0.1) is 11.1 Å². The van der Waals surface area contributed by atoms with Gasteiger partial charge < -0.3 is 14.4 Å². The third-order valence-corrected chi connectivity index (χ3v) is 4.89. The first kappa shape index (κ1) is 18.0. The fourth-order valence-electron chi connectivity index (χ4n) is 3.40. The van der Waals surface area contributed by atoms with Crippen LogP contribution in [-0.4, -0.2) is 53.8 Å². The largest absolute Gasteiger partial charge is 0.486 e. The highest BCUT2D eigenvalue weighted by atomic mass is 16.6. The molecule has 2 aliphatic heterocycles. The first-order valence-electron chi connectivity index (χ1n) is 9.20. The lowest BCUT2D eigenvalue weighted by molar-refractivity contribution is -0.131. The summed E-state index contributed by atoms with van der Waals surface area (Å²) in [7, 11) is 0. The quantitative estimate of drug-likeness (QED) is 0.743. The monoisotopic (exact) mass is 380 g/mol. The van der Waals surface area contributed by atoms with Gasteiger partial charge in [0.2, 0.25) is 5.91 Å². The second-order valence-electron chi connectivity index (χ2n) is 6.63. The van der Waals surface area contributed by atoms with Gasteiger partial charge in [-0.15, -0.1) is 0 Å². The number of rotatable bonds is 5. The van der Waals surface area contributed by atoms with E-state index in [0.717, 1.165) is 10.5 Å². The SMILES string of the molecule is CCN(Cc1ccc2c(c1)OCCO2)C(=O)CN1C(=O)c2ccccc2C1=O. The molecule has 7 heteroatoms. The molecular formula is C21H20N2O5. The van der Waals surface area contributed by atoms with E-state index in [0.29, 0.717) is 48.9 Å². The van der Waals surface area contributed by atoms with E-state index in [1.54, 1.807) is 29.2 Å². The molecule has 0 N–H and O–H groups in total. The van der Waals surface area contributed by atoms with E-state index in [1.165, 1.54) is 0 Å². The lowest BCUT2D eigenvalue weighted by Gasteiger charge is -2.24. The van der Waals surface area contributed by atoms with Crippen molar-refractivity contribution >= 4 is 17.7 Å². The molecule has 0 saturated carbocycles. The van der Waals surface area contributed by atoms with Gasteiger partial charge in [-0.3, -0.25) is 19.3 Å². The number of carbonyl (C=O) groups excluding carboxylic acids is 3. The molecule has 0 saturated heterocycles. The van der Waals surface area contributed by atoms with E-state index in [4.69, 9.17) is 9.47 Å². The van der Waals surface area contributed by atoms with Crippen LogP contribution in [0.25, 0.3) is 0 Å². The molecule has 0 aliphatic carbocycles. The van der Waals surface area contributed by atoms with Crippen molar-refractivity contribution in [2.75, 3.05) is 26.3 Å². The number of likely N-dealkylation sites (N-methyl/N-ethyl adjacent to an activating group) is 1. The highest BCUT2D eigenvalue weighted by molar-refractivity contribution is 6.22. The van der Waals surface area contributed by atoms with Gasteiger partial charge in [-0.25, -0.2) is 0 Å². The van der Waals surface area contributed by atoms with Crippen LogP contribution in [0.4, 0.5) is 0 Å². The van der Waals surface area contributed by atoms with Gasteiger partial charge in [-0.05, 0) is 36.8 Å². The normalized spacial score (nSPS) is 14.8. The number of imide groups is 1. The average Bonchev–Trinajstić information content (AvgIpc) is 2.97. The molecule has 0 fully saturated rings. The van der Waals surface area contributed by atoms with Crippen molar-refractivity contribution in [3.63, 3.8) is 0 Å². The summed E-state index contributed by atoms with van der Waals surface area (Å²) in [5.74, 6) is 0.212. The number of ether oxygens (including phenoxy) is 2. The number of fused-ring (bicyclic) bond motifs is 2. The maximum absolute atomic E-state index is 12.8. The molecule has 2 aliphatic rings. The maximum atomic E-state index is 12.8. The lowest BCUT2D eigenvalue weighted by atomic mass is 10.1. The molecule has 0 aromatic heterocycles. The topological polar surface area (TPSA) is 76.2 Å². The van der Waals surface area contributed by atoms with Crippen LogP contribution < -0.4 is 9.47 Å². The average molecular weight is 380 g/mol. The molecule has 2 aromatic rings. The number of nitrogens with zero attached hydrogens (tertiary/aromatic N) is 2. The van der Waals surface area contributed by atoms with Gasteiger partial charge in [0.25, 0.3) is 11.8 Å². The summed E-state index contributed by atoms with van der Waals surface area (Å²) >= 11 is 0. The van der Waals surface area contributed by atoms with Crippen LogP contribution in [-0.2, 0) is 11.3 Å². The summed E-state index contributed by atoms with van der Waals surface area (Å²) < 4.78 is 11.1. The molecular weight excluding hydrogens is 360 g/mol. The summed E-state index contributed by atoms with van der Waals surface area (Å²) in [6, 6.07) is 12.2. The van der Waals surface area contributed by atoms with E-state index in [-0.39, 0.29) is 12.5 Å². The molecule has 0 atom stereocenters. The smallest absolute Gasteiger partial charge is 0.262 e. The number of carbonyl (C=O) groups is 3. The van der Waals surface area contributed by atoms with Crippen LogP contribution in [0.5, 0.6) is 11.5 Å².